The lowest BCUT2D eigenvalue weighted by atomic mass is 9.87. The number of carbonyl (C=O) groups is 1. The maximum absolute atomic E-state index is 14.1. The van der Waals surface area contributed by atoms with Crippen molar-refractivity contribution in [2.24, 2.45) is 0 Å². The van der Waals surface area contributed by atoms with Gasteiger partial charge in [0.15, 0.2) is 17.2 Å². The quantitative estimate of drug-likeness (QED) is 0.309. The van der Waals surface area contributed by atoms with Gasteiger partial charge in [-0.1, -0.05) is 6.07 Å². The zero-order chi connectivity index (χ0) is 26.3. The van der Waals surface area contributed by atoms with Crippen molar-refractivity contribution in [1.29, 1.82) is 0 Å². The fraction of sp³-hybridized carbons (Fsp3) is 0.308. The number of anilines is 2. The average molecular weight is 509 g/mol. The number of hydrogen-bond donors (Lipinski definition) is 3. The predicted octanol–water partition coefficient (Wildman–Crippen LogP) is 3.98. The van der Waals surface area contributed by atoms with Crippen LogP contribution in [0, 0.1) is 18.6 Å². The first-order chi connectivity index (χ1) is 17.7. The molecule has 4 heterocycles. The Morgan fingerprint density at radius 3 is 2.62 bits per heavy atom. The molecule has 0 atom stereocenters. The van der Waals surface area contributed by atoms with Gasteiger partial charge in [-0.2, -0.15) is 0 Å². The molecule has 1 aliphatic heterocycles. The molecule has 0 radical (unpaired) electrons. The second kappa shape index (κ2) is 9.40. The molecule has 1 aromatic carbocycles. The Balaban J connectivity index is 1.57. The van der Waals surface area contributed by atoms with Crippen LogP contribution in [-0.2, 0) is 16.8 Å². The second-order valence-electron chi connectivity index (χ2n) is 9.30. The zero-order valence-electron chi connectivity index (χ0n) is 20.6. The van der Waals surface area contributed by atoms with Crippen LogP contribution in [0.15, 0.2) is 36.5 Å². The lowest BCUT2D eigenvalue weighted by Gasteiger charge is -2.19. The number of imidazole rings is 1. The molecule has 192 valence electrons. The maximum Gasteiger partial charge on any atom is 0.235 e. The van der Waals surface area contributed by atoms with Gasteiger partial charge in [-0.15, -0.1) is 0 Å². The summed E-state index contributed by atoms with van der Waals surface area (Å²) in [5.41, 5.74) is 1.23. The number of halogens is 2. The lowest BCUT2D eigenvalue weighted by molar-refractivity contribution is -0.119. The van der Waals surface area contributed by atoms with Gasteiger partial charge in [0.1, 0.15) is 35.6 Å². The summed E-state index contributed by atoms with van der Waals surface area (Å²) in [5, 5.41) is 15.3. The van der Waals surface area contributed by atoms with Crippen LogP contribution in [0.5, 0.6) is 5.75 Å². The predicted molar refractivity (Wildman–Crippen MR) is 133 cm³/mol. The first kappa shape index (κ1) is 24.6. The van der Waals surface area contributed by atoms with Crippen LogP contribution < -0.4 is 15.4 Å². The zero-order valence-corrected chi connectivity index (χ0v) is 20.6. The van der Waals surface area contributed by atoms with Crippen molar-refractivity contribution in [3.8, 4) is 17.3 Å². The van der Waals surface area contributed by atoms with Crippen LogP contribution in [0.1, 0.15) is 37.1 Å². The number of aromatic nitrogens is 4. The van der Waals surface area contributed by atoms with Gasteiger partial charge >= 0.3 is 0 Å². The third kappa shape index (κ3) is 4.25. The minimum absolute atomic E-state index is 0.0135. The van der Waals surface area contributed by atoms with Gasteiger partial charge in [-0.3, -0.25) is 9.20 Å². The van der Waals surface area contributed by atoms with Crippen molar-refractivity contribution in [2.75, 3.05) is 23.8 Å². The minimum Gasteiger partial charge on any atom is -0.485 e. The Labute approximate surface area is 211 Å². The first-order valence-electron chi connectivity index (χ1n) is 11.8. The summed E-state index contributed by atoms with van der Waals surface area (Å²) in [6.45, 7) is 5.56. The van der Waals surface area contributed by atoms with Gasteiger partial charge in [-0.05, 0) is 51.5 Å². The van der Waals surface area contributed by atoms with E-state index in [-0.39, 0.29) is 24.7 Å². The summed E-state index contributed by atoms with van der Waals surface area (Å²) in [4.78, 5) is 26.7. The number of benzene rings is 1. The van der Waals surface area contributed by atoms with E-state index in [9.17, 15) is 18.7 Å². The van der Waals surface area contributed by atoms with Crippen molar-refractivity contribution < 1.29 is 23.4 Å². The normalized spacial score (nSPS) is 14.1. The van der Waals surface area contributed by atoms with E-state index >= 15 is 0 Å². The van der Waals surface area contributed by atoms with E-state index in [4.69, 9.17) is 9.72 Å². The first-order valence-corrected chi connectivity index (χ1v) is 11.8. The molecule has 0 bridgehead atoms. The Hall–Kier alpha value is -4.12. The molecular weight excluding hydrogens is 482 g/mol. The van der Waals surface area contributed by atoms with E-state index in [2.05, 4.69) is 20.6 Å². The second-order valence-corrected chi connectivity index (χ2v) is 9.30. The van der Waals surface area contributed by atoms with E-state index in [1.54, 1.807) is 43.5 Å². The van der Waals surface area contributed by atoms with Crippen LogP contribution in [0.25, 0.3) is 17.2 Å². The standard InChI is InChI=1S/C26H26F2N6O3/c1-14-20(23-31-21(29-10-6-12-35)19-22(32-23)33-25(36)26(19,2)3)34-11-5-9-18(24(34)30-14)37-13-15-16(27)7-4-8-17(15)28/h4-5,7-9,11,35H,6,10,12-13H2,1-3H3,(H2,29,31,32,33,36). The van der Waals surface area contributed by atoms with E-state index in [1.807, 2.05) is 0 Å². The smallest absolute Gasteiger partial charge is 0.235 e. The summed E-state index contributed by atoms with van der Waals surface area (Å²) < 4.78 is 35.7. The number of aliphatic hydroxyl groups is 1. The molecule has 1 aliphatic rings. The third-order valence-electron chi connectivity index (χ3n) is 6.39. The highest BCUT2D eigenvalue weighted by molar-refractivity contribution is 6.06. The minimum atomic E-state index is -0.840. The van der Waals surface area contributed by atoms with Gasteiger partial charge in [0, 0.05) is 19.3 Å². The highest BCUT2D eigenvalue weighted by atomic mass is 19.1. The molecule has 0 saturated carbocycles. The van der Waals surface area contributed by atoms with E-state index in [0.29, 0.717) is 58.8 Å². The maximum atomic E-state index is 14.1. The van der Waals surface area contributed by atoms with Gasteiger partial charge < -0.3 is 20.5 Å². The van der Waals surface area contributed by atoms with Crippen LogP contribution >= 0.6 is 0 Å². The lowest BCUT2D eigenvalue weighted by Crippen LogP contribution is -2.28. The van der Waals surface area contributed by atoms with Crippen LogP contribution in [-0.4, -0.2) is 43.5 Å². The highest BCUT2D eigenvalue weighted by Crippen LogP contribution is 2.42. The molecule has 9 nitrogen and oxygen atoms in total. The van der Waals surface area contributed by atoms with Gasteiger partial charge in [0.2, 0.25) is 5.91 Å². The number of nitrogens with one attached hydrogen (secondary N) is 2. The van der Waals surface area contributed by atoms with E-state index in [0.717, 1.165) is 0 Å². The Kier molecular flexibility index (Phi) is 6.24. The molecule has 37 heavy (non-hydrogen) atoms. The van der Waals surface area contributed by atoms with Gasteiger partial charge in [0.05, 0.1) is 22.2 Å². The van der Waals surface area contributed by atoms with Crippen molar-refractivity contribution >= 4 is 23.2 Å². The van der Waals surface area contributed by atoms with Crippen LogP contribution in [0.2, 0.25) is 0 Å². The Morgan fingerprint density at radius 2 is 1.89 bits per heavy atom. The van der Waals surface area contributed by atoms with Crippen LogP contribution in [0.3, 0.4) is 0 Å². The molecule has 3 N–H and O–H groups in total. The highest BCUT2D eigenvalue weighted by Gasteiger charge is 2.43. The van der Waals surface area contributed by atoms with Crippen molar-refractivity contribution in [3.63, 3.8) is 0 Å². The number of ether oxygens (including phenoxy) is 1. The number of amides is 1. The molecular formula is C26H26F2N6O3. The van der Waals surface area contributed by atoms with Gasteiger partial charge in [-0.25, -0.2) is 23.7 Å². The number of hydrogen-bond acceptors (Lipinski definition) is 7. The number of aryl methyl sites for hydroxylation is 1. The molecule has 11 heteroatoms. The van der Waals surface area contributed by atoms with E-state index in [1.165, 1.54) is 18.2 Å². The third-order valence-corrected chi connectivity index (χ3v) is 6.39. The molecule has 0 saturated heterocycles. The SMILES string of the molecule is Cc1nc2c(OCc3c(F)cccc3F)cccn2c1-c1nc(NCCCO)c2c(n1)NC(=O)C2(C)C. The molecule has 3 aromatic heterocycles. The van der Waals surface area contributed by atoms with Crippen molar-refractivity contribution in [1.82, 2.24) is 19.4 Å². The molecule has 1 amide bonds. The Morgan fingerprint density at radius 1 is 1.14 bits per heavy atom. The van der Waals surface area contributed by atoms with Crippen LogP contribution in [0.4, 0.5) is 20.4 Å². The molecule has 5 rings (SSSR count). The number of carbonyl (C=O) groups excluding carboxylic acids is 1. The Bertz CT molecular complexity index is 1500. The topological polar surface area (TPSA) is 114 Å². The fourth-order valence-corrected chi connectivity index (χ4v) is 4.40. The largest absolute Gasteiger partial charge is 0.485 e. The monoisotopic (exact) mass is 508 g/mol. The van der Waals surface area contributed by atoms with Crippen molar-refractivity contribution in [2.45, 2.75) is 39.2 Å². The number of pyridine rings is 1. The van der Waals surface area contributed by atoms with Gasteiger partial charge in [0.25, 0.3) is 0 Å². The molecule has 0 unspecified atom stereocenters. The number of nitrogens with zero attached hydrogens (tertiary/aromatic N) is 4. The number of aliphatic hydroxyl groups excluding tert-OH is 1. The summed E-state index contributed by atoms with van der Waals surface area (Å²) in [6, 6.07) is 7.04. The number of fused-ring (bicyclic) bond motifs is 2. The summed E-state index contributed by atoms with van der Waals surface area (Å²) >= 11 is 0. The molecule has 0 aliphatic carbocycles. The molecule has 0 spiro atoms. The van der Waals surface area contributed by atoms with E-state index < -0.39 is 17.0 Å². The summed E-state index contributed by atoms with van der Waals surface area (Å²) in [5.74, 6) is -0.0151. The van der Waals surface area contributed by atoms with Crippen molar-refractivity contribution in [3.05, 3.63) is 65.0 Å². The number of rotatable bonds is 8. The molecule has 0 fully saturated rings. The fourth-order valence-electron chi connectivity index (χ4n) is 4.40. The average Bonchev–Trinajstić information content (AvgIpc) is 3.31. The summed E-state index contributed by atoms with van der Waals surface area (Å²) in [6.07, 6.45) is 2.27. The summed E-state index contributed by atoms with van der Waals surface area (Å²) in [7, 11) is 0. The molecule has 4 aromatic rings.